The van der Waals surface area contributed by atoms with Crippen molar-refractivity contribution in [1.29, 1.82) is 0 Å². The first-order chi connectivity index (χ1) is 12.5. The van der Waals surface area contributed by atoms with Crippen molar-refractivity contribution >= 4 is 17.4 Å². The van der Waals surface area contributed by atoms with E-state index < -0.39 is 0 Å². The van der Waals surface area contributed by atoms with Gasteiger partial charge in [0.1, 0.15) is 17.8 Å². The summed E-state index contributed by atoms with van der Waals surface area (Å²) in [4.78, 5) is 20.5. The predicted octanol–water partition coefficient (Wildman–Crippen LogP) is 1.63. The highest BCUT2D eigenvalue weighted by atomic mass is 16.5. The molecule has 2 aromatic heterocycles. The number of benzene rings is 1. The molecule has 0 unspecified atom stereocenters. The fourth-order valence-electron chi connectivity index (χ4n) is 2.43. The number of hydrogen-bond donors (Lipinski definition) is 3. The van der Waals surface area contributed by atoms with Crippen LogP contribution < -0.4 is 21.3 Å². The summed E-state index contributed by atoms with van der Waals surface area (Å²) >= 11 is 0. The Hall–Kier alpha value is -3.62. The van der Waals surface area contributed by atoms with Gasteiger partial charge in [0.2, 0.25) is 0 Å². The van der Waals surface area contributed by atoms with Gasteiger partial charge in [0, 0.05) is 11.3 Å². The summed E-state index contributed by atoms with van der Waals surface area (Å²) < 4.78 is 6.70. The molecule has 3 rings (SSSR count). The van der Waals surface area contributed by atoms with Gasteiger partial charge < -0.3 is 10.5 Å². The molecular weight excluding hydrogens is 334 g/mol. The Morgan fingerprint density at radius 1 is 1.19 bits per heavy atom. The van der Waals surface area contributed by atoms with E-state index in [2.05, 4.69) is 25.9 Å². The molecule has 9 heteroatoms. The van der Waals surface area contributed by atoms with Crippen LogP contribution in [0.3, 0.4) is 0 Å². The summed E-state index contributed by atoms with van der Waals surface area (Å²) in [6.45, 7) is 3.79. The van der Waals surface area contributed by atoms with Crippen LogP contribution in [0.25, 0.3) is 5.82 Å². The number of anilines is 2. The Morgan fingerprint density at radius 2 is 1.92 bits per heavy atom. The minimum atomic E-state index is -0.335. The fraction of sp³-hybridized carbons (Fsp3) is 0.176. The molecule has 2 heterocycles. The zero-order chi connectivity index (χ0) is 18.7. The van der Waals surface area contributed by atoms with E-state index in [9.17, 15) is 4.79 Å². The van der Waals surface area contributed by atoms with Crippen LogP contribution in [0, 0.1) is 13.8 Å². The first-order valence-electron chi connectivity index (χ1n) is 7.84. The molecule has 134 valence electrons. The SMILES string of the molecule is COc1ccc(C(=O)NNc2ncnc(-n3nc(C)cc3C)c2N)cc1. The van der Waals surface area contributed by atoms with E-state index in [1.165, 1.54) is 6.33 Å². The summed E-state index contributed by atoms with van der Waals surface area (Å²) in [5.41, 5.74) is 13.9. The second-order valence-corrected chi connectivity index (χ2v) is 5.61. The summed E-state index contributed by atoms with van der Waals surface area (Å²) in [5, 5.41) is 4.36. The number of ether oxygens (including phenoxy) is 1. The fourth-order valence-corrected chi connectivity index (χ4v) is 2.43. The maximum absolute atomic E-state index is 12.2. The number of nitrogen functional groups attached to an aromatic ring is 1. The topological polar surface area (TPSA) is 120 Å². The molecule has 1 aromatic carbocycles. The average molecular weight is 353 g/mol. The van der Waals surface area contributed by atoms with Gasteiger partial charge in [0.15, 0.2) is 11.6 Å². The largest absolute Gasteiger partial charge is 0.497 e. The van der Waals surface area contributed by atoms with E-state index in [0.29, 0.717) is 17.1 Å². The van der Waals surface area contributed by atoms with E-state index in [0.717, 1.165) is 11.4 Å². The Balaban J connectivity index is 1.77. The molecule has 0 fully saturated rings. The lowest BCUT2D eigenvalue weighted by atomic mass is 10.2. The maximum Gasteiger partial charge on any atom is 0.269 e. The highest BCUT2D eigenvalue weighted by molar-refractivity contribution is 5.95. The van der Waals surface area contributed by atoms with Gasteiger partial charge in [0.25, 0.3) is 5.91 Å². The third-order valence-corrected chi connectivity index (χ3v) is 3.72. The van der Waals surface area contributed by atoms with Crippen molar-refractivity contribution in [1.82, 2.24) is 25.2 Å². The summed E-state index contributed by atoms with van der Waals surface area (Å²) in [6, 6.07) is 8.63. The third-order valence-electron chi connectivity index (χ3n) is 3.72. The Morgan fingerprint density at radius 3 is 2.54 bits per heavy atom. The number of carbonyl (C=O) groups excluding carboxylic acids is 1. The first-order valence-corrected chi connectivity index (χ1v) is 7.84. The van der Waals surface area contributed by atoms with Crippen LogP contribution in [0.1, 0.15) is 21.7 Å². The standard InChI is InChI=1S/C17H19N7O2/c1-10-8-11(2)24(23-10)16-14(18)15(19-9-20-16)21-22-17(25)12-4-6-13(26-3)7-5-12/h4-9H,18H2,1-3H3,(H,22,25)(H,19,20,21). The molecule has 26 heavy (non-hydrogen) atoms. The van der Waals surface area contributed by atoms with Gasteiger partial charge in [-0.3, -0.25) is 15.6 Å². The van der Waals surface area contributed by atoms with E-state index in [1.807, 2.05) is 19.9 Å². The number of amides is 1. The van der Waals surface area contributed by atoms with Crippen LogP contribution in [0.5, 0.6) is 5.75 Å². The third kappa shape index (κ3) is 3.41. The van der Waals surface area contributed by atoms with E-state index in [-0.39, 0.29) is 17.4 Å². The normalized spacial score (nSPS) is 10.4. The van der Waals surface area contributed by atoms with Crippen molar-refractivity contribution in [2.45, 2.75) is 13.8 Å². The molecule has 3 aromatic rings. The Labute approximate surface area is 150 Å². The minimum absolute atomic E-state index is 0.272. The molecule has 0 atom stereocenters. The molecular formula is C17H19N7O2. The lowest BCUT2D eigenvalue weighted by Gasteiger charge is -2.13. The van der Waals surface area contributed by atoms with Crippen molar-refractivity contribution in [3.8, 4) is 11.6 Å². The number of hydrazine groups is 1. The van der Waals surface area contributed by atoms with Gasteiger partial charge in [-0.05, 0) is 44.2 Å². The van der Waals surface area contributed by atoms with Crippen molar-refractivity contribution in [3.63, 3.8) is 0 Å². The number of rotatable bonds is 5. The molecule has 0 saturated carbocycles. The van der Waals surface area contributed by atoms with Crippen molar-refractivity contribution in [2.24, 2.45) is 0 Å². The van der Waals surface area contributed by atoms with Gasteiger partial charge in [-0.2, -0.15) is 5.10 Å². The molecule has 0 aliphatic rings. The number of aryl methyl sites for hydroxylation is 2. The van der Waals surface area contributed by atoms with Crippen molar-refractivity contribution < 1.29 is 9.53 Å². The number of aromatic nitrogens is 4. The summed E-state index contributed by atoms with van der Waals surface area (Å²) in [5.74, 6) is 1.05. The number of nitrogens with zero attached hydrogens (tertiary/aromatic N) is 4. The molecule has 0 radical (unpaired) electrons. The predicted molar refractivity (Wildman–Crippen MR) is 97.1 cm³/mol. The second-order valence-electron chi connectivity index (χ2n) is 5.61. The molecule has 0 bridgehead atoms. The summed E-state index contributed by atoms with van der Waals surface area (Å²) in [6.07, 6.45) is 1.35. The van der Waals surface area contributed by atoms with Gasteiger partial charge in [-0.25, -0.2) is 14.6 Å². The van der Waals surface area contributed by atoms with Crippen LogP contribution in [0.2, 0.25) is 0 Å². The van der Waals surface area contributed by atoms with Gasteiger partial charge in [-0.1, -0.05) is 0 Å². The highest BCUT2D eigenvalue weighted by Crippen LogP contribution is 2.22. The second kappa shape index (κ2) is 7.09. The molecule has 1 amide bonds. The van der Waals surface area contributed by atoms with Crippen LogP contribution in [-0.2, 0) is 0 Å². The molecule has 0 spiro atoms. The van der Waals surface area contributed by atoms with Crippen LogP contribution in [0.15, 0.2) is 36.7 Å². The lowest BCUT2D eigenvalue weighted by molar-refractivity contribution is 0.0962. The Bertz CT molecular complexity index is 935. The number of methoxy groups -OCH3 is 1. The van der Waals surface area contributed by atoms with Crippen molar-refractivity contribution in [2.75, 3.05) is 18.3 Å². The smallest absolute Gasteiger partial charge is 0.269 e. The first kappa shape index (κ1) is 17.2. The molecule has 4 N–H and O–H groups in total. The zero-order valence-corrected chi connectivity index (χ0v) is 14.6. The Kier molecular flexibility index (Phi) is 4.70. The maximum atomic E-state index is 12.2. The van der Waals surface area contributed by atoms with Gasteiger partial charge in [0.05, 0.1) is 12.8 Å². The monoisotopic (exact) mass is 353 g/mol. The van der Waals surface area contributed by atoms with E-state index >= 15 is 0 Å². The zero-order valence-electron chi connectivity index (χ0n) is 14.6. The van der Waals surface area contributed by atoms with Gasteiger partial charge >= 0.3 is 0 Å². The van der Waals surface area contributed by atoms with E-state index in [4.69, 9.17) is 10.5 Å². The van der Waals surface area contributed by atoms with Gasteiger partial charge in [-0.15, -0.1) is 0 Å². The minimum Gasteiger partial charge on any atom is -0.497 e. The van der Waals surface area contributed by atoms with Crippen LogP contribution in [-0.4, -0.2) is 32.8 Å². The average Bonchev–Trinajstić information content (AvgIpc) is 2.98. The highest BCUT2D eigenvalue weighted by Gasteiger charge is 2.14. The molecule has 0 aliphatic heterocycles. The molecule has 0 aliphatic carbocycles. The number of nitrogens with one attached hydrogen (secondary N) is 2. The quantitative estimate of drug-likeness (QED) is 0.596. The molecule has 0 saturated heterocycles. The summed E-state index contributed by atoms with van der Waals surface area (Å²) in [7, 11) is 1.56. The van der Waals surface area contributed by atoms with Crippen LogP contribution >= 0.6 is 0 Å². The number of carbonyl (C=O) groups is 1. The molecule has 9 nitrogen and oxygen atoms in total. The number of nitrogens with two attached hydrogens (primary N) is 1. The van der Waals surface area contributed by atoms with Crippen LogP contribution in [0.4, 0.5) is 11.5 Å². The van der Waals surface area contributed by atoms with E-state index in [1.54, 1.807) is 36.1 Å². The lowest BCUT2D eigenvalue weighted by Crippen LogP contribution is -2.30. The van der Waals surface area contributed by atoms with Crippen molar-refractivity contribution in [3.05, 3.63) is 53.6 Å². The number of hydrogen-bond acceptors (Lipinski definition) is 7.